The van der Waals surface area contributed by atoms with Gasteiger partial charge in [-0.15, -0.1) is 10.2 Å². The molecule has 3 aromatic rings. The molecule has 3 heterocycles. The van der Waals surface area contributed by atoms with Gasteiger partial charge in [0.1, 0.15) is 0 Å². The minimum Gasteiger partial charge on any atom is -0.461 e. The lowest BCUT2D eigenvalue weighted by molar-refractivity contribution is -0.118. The molecule has 124 valence electrons. The van der Waals surface area contributed by atoms with Crippen molar-refractivity contribution in [2.45, 2.75) is 29.5 Å². The number of aromatic nitrogens is 3. The molecule has 0 aliphatic heterocycles. The number of rotatable bonds is 6. The molecule has 1 fully saturated rings. The zero-order valence-electron chi connectivity index (χ0n) is 12.8. The fourth-order valence-corrected chi connectivity index (χ4v) is 4.06. The number of furan rings is 1. The van der Waals surface area contributed by atoms with Crippen molar-refractivity contribution in [2.24, 2.45) is 0 Å². The van der Waals surface area contributed by atoms with Gasteiger partial charge in [-0.25, -0.2) is 0 Å². The molecule has 1 N–H and O–H groups in total. The third kappa shape index (κ3) is 2.73. The Balaban J connectivity index is 1.51. The van der Waals surface area contributed by atoms with E-state index in [9.17, 15) is 4.79 Å². The van der Waals surface area contributed by atoms with Crippen LogP contribution in [0.1, 0.15) is 25.5 Å². The molecule has 0 aromatic carbocycles. The van der Waals surface area contributed by atoms with E-state index in [1.54, 1.807) is 36.2 Å². The molecule has 0 unspecified atom stereocenters. The number of hydrogen-bond acceptors (Lipinski definition) is 8. The van der Waals surface area contributed by atoms with Crippen molar-refractivity contribution < 1.29 is 13.7 Å². The fraction of sp³-hybridized carbons (Fsp3) is 0.333. The van der Waals surface area contributed by atoms with Crippen LogP contribution < -0.4 is 5.32 Å². The van der Waals surface area contributed by atoms with Crippen molar-refractivity contribution in [1.29, 1.82) is 0 Å². The summed E-state index contributed by atoms with van der Waals surface area (Å²) in [4.78, 5) is 12.7. The molecule has 7 nitrogen and oxygen atoms in total. The molecule has 9 heteroatoms. The first-order valence-corrected chi connectivity index (χ1v) is 9.30. The first-order valence-electron chi connectivity index (χ1n) is 7.50. The third-order valence-corrected chi connectivity index (χ3v) is 5.70. The van der Waals surface area contributed by atoms with Crippen LogP contribution in [0.3, 0.4) is 0 Å². The molecule has 0 atom stereocenters. The normalized spacial score (nSPS) is 15.4. The van der Waals surface area contributed by atoms with E-state index >= 15 is 0 Å². The van der Waals surface area contributed by atoms with Crippen LogP contribution in [0.5, 0.6) is 0 Å². The molecule has 0 radical (unpaired) electrons. The van der Waals surface area contributed by atoms with E-state index in [2.05, 4.69) is 20.7 Å². The summed E-state index contributed by atoms with van der Waals surface area (Å²) < 4.78 is 11.5. The second kappa shape index (κ2) is 6.06. The Labute approximate surface area is 145 Å². The van der Waals surface area contributed by atoms with Crippen LogP contribution in [-0.2, 0) is 10.2 Å². The number of thioether (sulfide) groups is 1. The Morgan fingerprint density at radius 3 is 3.00 bits per heavy atom. The number of carbonyl (C=O) groups is 1. The number of carbonyl (C=O) groups excluding carboxylic acids is 1. The maximum atomic E-state index is 12.7. The second-order valence-corrected chi connectivity index (χ2v) is 7.88. The standard InChI is InChI=1S/C15H14N4O3S2/c1-2-23-14-18-17-13(24-14)16-12(20)15(5-6-15)11-8-10(22-19-11)9-4-3-7-21-9/h3-4,7-8H,2,5-6H2,1H3,(H,16,17,20). The lowest BCUT2D eigenvalue weighted by Gasteiger charge is -2.09. The van der Waals surface area contributed by atoms with Crippen molar-refractivity contribution >= 4 is 34.1 Å². The van der Waals surface area contributed by atoms with Crippen LogP contribution in [0.4, 0.5) is 5.13 Å². The monoisotopic (exact) mass is 362 g/mol. The van der Waals surface area contributed by atoms with Gasteiger partial charge in [0.15, 0.2) is 10.1 Å². The molecule has 1 aliphatic rings. The Morgan fingerprint density at radius 2 is 2.29 bits per heavy atom. The summed E-state index contributed by atoms with van der Waals surface area (Å²) in [6.45, 7) is 2.05. The van der Waals surface area contributed by atoms with Gasteiger partial charge < -0.3 is 8.94 Å². The van der Waals surface area contributed by atoms with E-state index in [0.29, 0.717) is 22.3 Å². The average molecular weight is 362 g/mol. The van der Waals surface area contributed by atoms with E-state index in [1.807, 2.05) is 6.92 Å². The molecule has 3 aromatic heterocycles. The van der Waals surface area contributed by atoms with Gasteiger partial charge in [-0.05, 0) is 30.7 Å². The van der Waals surface area contributed by atoms with Crippen molar-refractivity contribution in [3.05, 3.63) is 30.2 Å². The lowest BCUT2D eigenvalue weighted by Crippen LogP contribution is -2.28. The summed E-state index contributed by atoms with van der Waals surface area (Å²) in [6.07, 6.45) is 3.04. The smallest absolute Gasteiger partial charge is 0.238 e. The van der Waals surface area contributed by atoms with Gasteiger partial charge in [0.25, 0.3) is 0 Å². The van der Waals surface area contributed by atoms with Gasteiger partial charge in [-0.2, -0.15) is 0 Å². The zero-order valence-corrected chi connectivity index (χ0v) is 14.4. The van der Waals surface area contributed by atoms with E-state index in [0.717, 1.165) is 22.9 Å². The summed E-state index contributed by atoms with van der Waals surface area (Å²) in [5, 5.41) is 15.5. The van der Waals surface area contributed by atoms with Gasteiger partial charge in [0, 0.05) is 6.07 Å². The minimum absolute atomic E-state index is 0.119. The SMILES string of the molecule is CCSc1nnc(NC(=O)C2(c3cc(-c4ccco4)on3)CC2)s1. The highest BCUT2D eigenvalue weighted by atomic mass is 32.2. The quantitative estimate of drug-likeness (QED) is 0.529. The average Bonchev–Trinajstić information content (AvgIpc) is 3.02. The molecular weight excluding hydrogens is 348 g/mol. The van der Waals surface area contributed by atoms with E-state index < -0.39 is 5.41 Å². The summed E-state index contributed by atoms with van der Waals surface area (Å²) >= 11 is 2.98. The molecule has 0 saturated heterocycles. The Hall–Kier alpha value is -2.13. The summed E-state index contributed by atoms with van der Waals surface area (Å²) in [5.41, 5.74) is -0.0167. The third-order valence-electron chi connectivity index (χ3n) is 3.84. The Bertz CT molecular complexity index is 852. The van der Waals surface area contributed by atoms with Crippen molar-refractivity contribution in [2.75, 3.05) is 11.1 Å². The summed E-state index contributed by atoms with van der Waals surface area (Å²) in [7, 11) is 0. The highest BCUT2D eigenvalue weighted by Crippen LogP contribution is 2.49. The van der Waals surface area contributed by atoms with Crippen molar-refractivity contribution in [3.63, 3.8) is 0 Å². The molecular formula is C15H14N4O3S2. The van der Waals surface area contributed by atoms with Crippen molar-refractivity contribution in [3.8, 4) is 11.5 Å². The van der Waals surface area contributed by atoms with Crippen LogP contribution in [0.25, 0.3) is 11.5 Å². The largest absolute Gasteiger partial charge is 0.461 e. The van der Waals surface area contributed by atoms with Crippen LogP contribution in [0.2, 0.25) is 0 Å². The Morgan fingerprint density at radius 1 is 1.42 bits per heavy atom. The minimum atomic E-state index is -0.641. The number of amides is 1. The molecule has 1 saturated carbocycles. The second-order valence-electron chi connectivity index (χ2n) is 5.40. The predicted octanol–water partition coefficient (Wildman–Crippen LogP) is 3.57. The maximum Gasteiger partial charge on any atom is 0.238 e. The predicted molar refractivity (Wildman–Crippen MR) is 90.1 cm³/mol. The lowest BCUT2D eigenvalue weighted by atomic mass is 10.0. The zero-order chi connectivity index (χ0) is 16.6. The summed E-state index contributed by atoms with van der Waals surface area (Å²) in [6, 6.07) is 5.33. The van der Waals surface area contributed by atoms with Gasteiger partial charge in [-0.1, -0.05) is 35.2 Å². The first-order chi connectivity index (χ1) is 11.7. The molecule has 1 aliphatic carbocycles. The summed E-state index contributed by atoms with van der Waals surface area (Å²) in [5.74, 6) is 1.91. The molecule has 4 rings (SSSR count). The molecule has 24 heavy (non-hydrogen) atoms. The van der Waals surface area contributed by atoms with Crippen LogP contribution in [-0.4, -0.2) is 27.0 Å². The van der Waals surface area contributed by atoms with Gasteiger partial charge >= 0.3 is 0 Å². The van der Waals surface area contributed by atoms with Gasteiger partial charge in [0.05, 0.1) is 17.4 Å². The number of hydrogen-bond donors (Lipinski definition) is 1. The van der Waals surface area contributed by atoms with Crippen LogP contribution >= 0.6 is 23.1 Å². The molecule has 0 spiro atoms. The highest BCUT2D eigenvalue weighted by molar-refractivity contribution is 8.01. The van der Waals surface area contributed by atoms with Crippen LogP contribution in [0.15, 0.2) is 37.7 Å². The van der Waals surface area contributed by atoms with Crippen LogP contribution in [0, 0.1) is 0 Å². The number of anilines is 1. The van der Waals surface area contributed by atoms with Gasteiger partial charge in [0.2, 0.25) is 16.8 Å². The Kier molecular flexibility index (Phi) is 3.89. The maximum absolute atomic E-state index is 12.7. The van der Waals surface area contributed by atoms with Gasteiger partial charge in [-0.3, -0.25) is 10.1 Å². The van der Waals surface area contributed by atoms with E-state index in [4.69, 9.17) is 8.94 Å². The molecule has 1 amide bonds. The number of nitrogens with zero attached hydrogens (tertiary/aromatic N) is 3. The van der Waals surface area contributed by atoms with E-state index in [-0.39, 0.29) is 5.91 Å². The highest BCUT2D eigenvalue weighted by Gasteiger charge is 2.54. The van der Waals surface area contributed by atoms with Crippen molar-refractivity contribution in [1.82, 2.24) is 15.4 Å². The first kappa shape index (κ1) is 15.4. The number of nitrogens with one attached hydrogen (secondary N) is 1. The fourth-order valence-electron chi connectivity index (χ4n) is 2.42. The topological polar surface area (TPSA) is 94.1 Å². The molecule has 0 bridgehead atoms. The van der Waals surface area contributed by atoms with E-state index in [1.165, 1.54) is 11.3 Å².